The van der Waals surface area contributed by atoms with Crippen LogP contribution in [0.2, 0.25) is 0 Å². The van der Waals surface area contributed by atoms with Gasteiger partial charge >= 0.3 is 18.2 Å². The smallest absolute Gasteiger partial charge is 0.450 e. The number of allylic oxidation sites excluding steroid dienone is 2. The molecule has 0 saturated carbocycles. The van der Waals surface area contributed by atoms with Crippen LogP contribution in [-0.2, 0) is 9.53 Å². The van der Waals surface area contributed by atoms with Gasteiger partial charge in [0.05, 0.1) is 5.57 Å². The topological polar surface area (TPSA) is 158 Å². The molecular formula is C16H27N3O7. The highest BCUT2D eigenvalue weighted by Gasteiger charge is 2.34. The van der Waals surface area contributed by atoms with Crippen LogP contribution < -0.4 is 5.32 Å². The minimum atomic E-state index is -1.62. The van der Waals surface area contributed by atoms with Gasteiger partial charge in [-0.3, -0.25) is 0 Å². The van der Waals surface area contributed by atoms with Gasteiger partial charge in [0, 0.05) is 6.61 Å². The van der Waals surface area contributed by atoms with E-state index >= 15 is 0 Å². The Labute approximate surface area is 152 Å². The molecule has 1 heterocycles. The highest BCUT2D eigenvalue weighted by atomic mass is 16.5. The standard InChI is InChI=1S/C10H15NO3.C4H10.C2H2N2O4/c1-3-7-14-10(2)8(9(12)13)5-4-6-11-10;1-3-4-2;5-1(6)3-4-2(7)8/h4-6,11H,3,7H2,1-2H3,(H,12,13);3-4H2,1-2H3;(H,5,6)(H,7,8). The van der Waals surface area contributed by atoms with Crippen LogP contribution in [-0.4, -0.2) is 45.8 Å². The van der Waals surface area contributed by atoms with Crippen molar-refractivity contribution in [1.82, 2.24) is 5.32 Å². The normalized spacial score (nSPS) is 17.8. The molecule has 26 heavy (non-hydrogen) atoms. The van der Waals surface area contributed by atoms with E-state index in [1.807, 2.05) is 6.92 Å². The van der Waals surface area contributed by atoms with Crippen LogP contribution in [0.5, 0.6) is 0 Å². The molecule has 10 heteroatoms. The third-order valence-corrected chi connectivity index (χ3v) is 2.78. The maximum Gasteiger partial charge on any atom is 0.450 e. The molecule has 0 aromatic rings. The van der Waals surface area contributed by atoms with Gasteiger partial charge in [-0.1, -0.05) is 43.8 Å². The summed E-state index contributed by atoms with van der Waals surface area (Å²) >= 11 is 0. The molecule has 0 aliphatic carbocycles. The van der Waals surface area contributed by atoms with Crippen molar-refractivity contribution in [3.05, 3.63) is 23.9 Å². The molecule has 2 amide bonds. The number of aliphatic carboxylic acids is 1. The van der Waals surface area contributed by atoms with Crippen molar-refractivity contribution in [3.8, 4) is 0 Å². The van der Waals surface area contributed by atoms with Crippen molar-refractivity contribution in [2.45, 2.75) is 52.7 Å². The van der Waals surface area contributed by atoms with Crippen molar-refractivity contribution in [1.29, 1.82) is 0 Å². The Morgan fingerprint density at radius 1 is 1.04 bits per heavy atom. The first kappa shape index (κ1) is 25.5. The number of nitrogens with zero attached hydrogens (tertiary/aromatic N) is 2. The van der Waals surface area contributed by atoms with Gasteiger partial charge in [0.2, 0.25) is 0 Å². The van der Waals surface area contributed by atoms with Gasteiger partial charge in [-0.15, -0.1) is 0 Å². The molecule has 0 spiro atoms. The maximum absolute atomic E-state index is 10.9. The lowest BCUT2D eigenvalue weighted by Gasteiger charge is -2.32. The maximum atomic E-state index is 10.9. The molecule has 1 rings (SSSR count). The van der Waals surface area contributed by atoms with Gasteiger partial charge in [-0.05, 0) is 31.7 Å². The Hall–Kier alpha value is -2.75. The van der Waals surface area contributed by atoms with Crippen LogP contribution in [0.4, 0.5) is 9.59 Å². The summed E-state index contributed by atoms with van der Waals surface area (Å²) in [6.07, 6.45) is 5.14. The molecule has 0 aromatic carbocycles. The molecule has 1 atom stereocenters. The van der Waals surface area contributed by atoms with Gasteiger partial charge in [-0.25, -0.2) is 14.4 Å². The van der Waals surface area contributed by atoms with E-state index in [1.54, 1.807) is 25.3 Å². The van der Waals surface area contributed by atoms with Crippen molar-refractivity contribution in [2.24, 2.45) is 10.2 Å². The number of carboxylic acid groups (broad SMARTS) is 3. The summed E-state index contributed by atoms with van der Waals surface area (Å²) in [5.41, 5.74) is -0.676. The molecule has 148 valence electrons. The molecule has 0 fully saturated rings. The number of amides is 2. The SMILES string of the molecule is CCCC.CCCOC1(C)NC=CC=C1C(=O)O.O=C(O)N=NC(=O)O. The number of azo groups is 1. The van der Waals surface area contributed by atoms with Crippen molar-refractivity contribution >= 4 is 18.2 Å². The number of ether oxygens (including phenoxy) is 1. The number of rotatable bonds is 5. The van der Waals surface area contributed by atoms with Crippen molar-refractivity contribution in [2.75, 3.05) is 6.61 Å². The largest absolute Gasteiger partial charge is 0.478 e. The van der Waals surface area contributed by atoms with Gasteiger partial charge in [0.25, 0.3) is 0 Å². The van der Waals surface area contributed by atoms with E-state index in [0.717, 1.165) is 6.42 Å². The summed E-state index contributed by atoms with van der Waals surface area (Å²) in [5, 5.41) is 31.7. The van der Waals surface area contributed by atoms with Crippen LogP contribution in [0, 0.1) is 0 Å². The third kappa shape index (κ3) is 12.6. The monoisotopic (exact) mass is 373 g/mol. The number of carbonyl (C=O) groups is 3. The van der Waals surface area contributed by atoms with Gasteiger partial charge in [-0.2, -0.15) is 0 Å². The second-order valence-electron chi connectivity index (χ2n) is 5.04. The molecule has 0 saturated heterocycles. The molecule has 0 aromatic heterocycles. The van der Waals surface area contributed by atoms with Crippen LogP contribution in [0.3, 0.4) is 0 Å². The van der Waals surface area contributed by atoms with E-state index in [2.05, 4.69) is 29.4 Å². The van der Waals surface area contributed by atoms with E-state index in [1.165, 1.54) is 12.8 Å². The fourth-order valence-corrected chi connectivity index (χ4v) is 1.37. The summed E-state index contributed by atoms with van der Waals surface area (Å²) < 4.78 is 5.48. The summed E-state index contributed by atoms with van der Waals surface area (Å²) in [6.45, 7) is 8.58. The summed E-state index contributed by atoms with van der Waals surface area (Å²) in [5.74, 6) is -0.958. The highest BCUT2D eigenvalue weighted by molar-refractivity contribution is 5.89. The Morgan fingerprint density at radius 3 is 1.88 bits per heavy atom. The van der Waals surface area contributed by atoms with Gasteiger partial charge in [0.15, 0.2) is 5.72 Å². The number of hydrogen-bond donors (Lipinski definition) is 4. The van der Waals surface area contributed by atoms with Crippen LogP contribution >= 0.6 is 0 Å². The quantitative estimate of drug-likeness (QED) is 0.529. The van der Waals surface area contributed by atoms with Crippen molar-refractivity contribution in [3.63, 3.8) is 0 Å². The Balaban J connectivity index is 0. The van der Waals surface area contributed by atoms with E-state index in [4.69, 9.17) is 20.1 Å². The van der Waals surface area contributed by atoms with E-state index in [0.29, 0.717) is 6.61 Å². The first-order chi connectivity index (χ1) is 12.1. The predicted molar refractivity (Wildman–Crippen MR) is 94.1 cm³/mol. The van der Waals surface area contributed by atoms with E-state index < -0.39 is 23.9 Å². The molecule has 1 aliphatic heterocycles. The molecule has 4 N–H and O–H groups in total. The number of carboxylic acids is 1. The Kier molecular flexibility index (Phi) is 14.3. The first-order valence-corrected chi connectivity index (χ1v) is 8.04. The molecule has 10 nitrogen and oxygen atoms in total. The zero-order valence-corrected chi connectivity index (χ0v) is 15.4. The zero-order chi connectivity index (χ0) is 20.6. The van der Waals surface area contributed by atoms with E-state index in [9.17, 15) is 14.4 Å². The summed E-state index contributed by atoms with van der Waals surface area (Å²) in [7, 11) is 0. The molecule has 0 bridgehead atoms. The first-order valence-electron chi connectivity index (χ1n) is 8.04. The predicted octanol–water partition coefficient (Wildman–Crippen LogP) is 3.86. The Bertz CT molecular complexity index is 526. The lowest BCUT2D eigenvalue weighted by molar-refractivity contribution is -0.136. The average Bonchev–Trinajstić information content (AvgIpc) is 2.59. The number of nitrogens with one attached hydrogen (secondary N) is 1. The molecule has 0 radical (unpaired) electrons. The summed E-state index contributed by atoms with van der Waals surface area (Å²) in [4.78, 5) is 29.7. The second-order valence-corrected chi connectivity index (χ2v) is 5.04. The minimum absolute atomic E-state index is 0.230. The minimum Gasteiger partial charge on any atom is -0.478 e. The van der Waals surface area contributed by atoms with Crippen LogP contribution in [0.25, 0.3) is 0 Å². The molecule has 1 aliphatic rings. The second kappa shape index (κ2) is 14.6. The lowest BCUT2D eigenvalue weighted by atomic mass is 10.0. The number of hydrogen-bond acceptors (Lipinski definition) is 5. The van der Waals surface area contributed by atoms with E-state index in [-0.39, 0.29) is 5.57 Å². The molecule has 1 unspecified atom stereocenters. The van der Waals surface area contributed by atoms with Crippen molar-refractivity contribution < 1.29 is 34.4 Å². The van der Waals surface area contributed by atoms with Crippen LogP contribution in [0.15, 0.2) is 34.2 Å². The molecular weight excluding hydrogens is 346 g/mol. The number of dihydropyridines is 1. The van der Waals surface area contributed by atoms with Gasteiger partial charge < -0.3 is 25.4 Å². The Morgan fingerprint density at radius 2 is 1.54 bits per heavy atom. The van der Waals surface area contributed by atoms with Gasteiger partial charge in [0.1, 0.15) is 0 Å². The summed E-state index contributed by atoms with van der Waals surface area (Å²) in [6, 6.07) is 0. The highest BCUT2D eigenvalue weighted by Crippen LogP contribution is 2.21. The lowest BCUT2D eigenvalue weighted by Crippen LogP contribution is -2.47. The number of unbranched alkanes of at least 4 members (excludes halogenated alkanes) is 1. The third-order valence-electron chi connectivity index (χ3n) is 2.78. The fourth-order valence-electron chi connectivity index (χ4n) is 1.37. The zero-order valence-electron chi connectivity index (χ0n) is 15.4. The van der Waals surface area contributed by atoms with Crippen LogP contribution in [0.1, 0.15) is 47.0 Å². The fraction of sp³-hybridized carbons (Fsp3) is 0.562. The average molecular weight is 373 g/mol.